The van der Waals surface area contributed by atoms with Crippen molar-refractivity contribution < 1.29 is 9.59 Å². The maximum Gasteiger partial charge on any atom is 0.319 e. The van der Waals surface area contributed by atoms with Gasteiger partial charge in [-0.15, -0.1) is 11.3 Å². The summed E-state index contributed by atoms with van der Waals surface area (Å²) in [6.07, 6.45) is 2.99. The van der Waals surface area contributed by atoms with E-state index in [-0.39, 0.29) is 18.0 Å². The van der Waals surface area contributed by atoms with Gasteiger partial charge in [0, 0.05) is 34.9 Å². The number of carbonyl (C=O) groups excluding carboxylic acids is 2. The molecule has 1 aromatic heterocycles. The van der Waals surface area contributed by atoms with E-state index in [9.17, 15) is 9.59 Å². The molecule has 0 fully saturated rings. The second-order valence-corrected chi connectivity index (χ2v) is 7.59. The smallest absolute Gasteiger partial charge is 0.319 e. The molecule has 0 radical (unpaired) electrons. The minimum atomic E-state index is -0.263. The van der Waals surface area contributed by atoms with E-state index >= 15 is 0 Å². The highest BCUT2D eigenvalue weighted by Gasteiger charge is 2.17. The topological polar surface area (TPSA) is 83.1 Å². The first-order valence-corrected chi connectivity index (χ1v) is 9.96. The van der Waals surface area contributed by atoms with Gasteiger partial charge in [0.15, 0.2) is 0 Å². The zero-order valence-corrected chi connectivity index (χ0v) is 16.2. The number of aryl methyl sites for hydroxylation is 1. The first-order chi connectivity index (χ1) is 13.6. The third-order valence-corrected chi connectivity index (χ3v) is 5.52. The van der Waals surface area contributed by atoms with Gasteiger partial charge < -0.3 is 16.0 Å². The third kappa shape index (κ3) is 4.04. The molecule has 4 rings (SSSR count). The molecular weight excluding hydrogens is 372 g/mol. The van der Waals surface area contributed by atoms with Gasteiger partial charge in [0.1, 0.15) is 5.01 Å². The number of nitrogens with one attached hydrogen (secondary N) is 3. The van der Waals surface area contributed by atoms with Gasteiger partial charge in [0.25, 0.3) is 0 Å². The van der Waals surface area contributed by atoms with Gasteiger partial charge in [-0.2, -0.15) is 0 Å². The Bertz CT molecular complexity index is 1000. The van der Waals surface area contributed by atoms with Crippen molar-refractivity contribution in [3.63, 3.8) is 0 Å². The number of rotatable bonds is 4. The monoisotopic (exact) mass is 392 g/mol. The molecule has 3 amide bonds. The van der Waals surface area contributed by atoms with E-state index in [0.29, 0.717) is 6.42 Å². The molecule has 7 heteroatoms. The minimum absolute atomic E-state index is 0.0479. The maximum atomic E-state index is 12.4. The average molecular weight is 392 g/mol. The number of fused-ring (bicyclic) bond motifs is 1. The summed E-state index contributed by atoms with van der Waals surface area (Å²) in [5.41, 5.74) is 4.71. The summed E-state index contributed by atoms with van der Waals surface area (Å²) in [6, 6.07) is 13.1. The quantitative estimate of drug-likeness (QED) is 0.608. The number of benzene rings is 2. The Hall–Kier alpha value is -3.19. The van der Waals surface area contributed by atoms with Crippen LogP contribution in [0.25, 0.3) is 10.6 Å². The molecule has 0 spiro atoms. The van der Waals surface area contributed by atoms with Gasteiger partial charge in [-0.3, -0.25) is 4.79 Å². The number of aromatic nitrogens is 1. The molecule has 1 atom stereocenters. The second kappa shape index (κ2) is 7.82. The first kappa shape index (κ1) is 18.2. The van der Waals surface area contributed by atoms with E-state index in [0.717, 1.165) is 39.5 Å². The van der Waals surface area contributed by atoms with Gasteiger partial charge in [0.05, 0.1) is 6.04 Å². The summed E-state index contributed by atoms with van der Waals surface area (Å²) in [6.45, 7) is 1.94. The number of nitrogens with zero attached hydrogens (tertiary/aromatic N) is 1. The SMILES string of the molecule is CC(NC(=O)Nc1ccc(-c2nccs2)cc1)c1ccc2c(c1)CCC(=O)N2. The summed E-state index contributed by atoms with van der Waals surface area (Å²) in [5, 5.41) is 11.6. The number of thiazole rings is 1. The van der Waals surface area contributed by atoms with E-state index in [1.165, 1.54) is 0 Å². The third-order valence-electron chi connectivity index (χ3n) is 4.69. The highest BCUT2D eigenvalue weighted by Crippen LogP contribution is 2.26. The van der Waals surface area contributed by atoms with E-state index < -0.39 is 0 Å². The lowest BCUT2D eigenvalue weighted by molar-refractivity contribution is -0.116. The molecule has 1 unspecified atom stereocenters. The van der Waals surface area contributed by atoms with Crippen LogP contribution in [0.4, 0.5) is 16.2 Å². The van der Waals surface area contributed by atoms with Gasteiger partial charge in [-0.05, 0) is 54.8 Å². The molecule has 0 aliphatic carbocycles. The van der Waals surface area contributed by atoms with Crippen LogP contribution in [-0.2, 0) is 11.2 Å². The molecule has 28 heavy (non-hydrogen) atoms. The fourth-order valence-electron chi connectivity index (χ4n) is 3.18. The second-order valence-electron chi connectivity index (χ2n) is 6.70. The zero-order chi connectivity index (χ0) is 19.5. The number of carbonyl (C=O) groups is 2. The normalized spacial score (nSPS) is 14.0. The van der Waals surface area contributed by atoms with Crippen molar-refractivity contribution in [3.8, 4) is 10.6 Å². The number of anilines is 2. The van der Waals surface area contributed by atoms with Crippen molar-refractivity contribution in [1.82, 2.24) is 10.3 Å². The molecule has 6 nitrogen and oxygen atoms in total. The fourth-order valence-corrected chi connectivity index (χ4v) is 3.83. The van der Waals surface area contributed by atoms with Gasteiger partial charge in [-0.25, -0.2) is 9.78 Å². The van der Waals surface area contributed by atoms with E-state index in [2.05, 4.69) is 20.9 Å². The van der Waals surface area contributed by atoms with Crippen molar-refractivity contribution in [2.75, 3.05) is 10.6 Å². The van der Waals surface area contributed by atoms with Crippen LogP contribution in [0.3, 0.4) is 0 Å². The van der Waals surface area contributed by atoms with Crippen molar-refractivity contribution >= 4 is 34.6 Å². The number of hydrogen-bond donors (Lipinski definition) is 3. The van der Waals surface area contributed by atoms with Crippen LogP contribution in [0.15, 0.2) is 54.0 Å². The molecular formula is C21H20N4O2S. The summed E-state index contributed by atoms with van der Waals surface area (Å²) in [5.74, 6) is 0.0479. The molecule has 3 aromatic rings. The lowest BCUT2D eigenvalue weighted by Crippen LogP contribution is -2.31. The molecule has 2 aromatic carbocycles. The van der Waals surface area contributed by atoms with Crippen LogP contribution in [-0.4, -0.2) is 16.9 Å². The lowest BCUT2D eigenvalue weighted by Gasteiger charge is -2.20. The van der Waals surface area contributed by atoms with Crippen molar-refractivity contribution in [2.24, 2.45) is 0 Å². The lowest BCUT2D eigenvalue weighted by atomic mass is 9.98. The summed E-state index contributed by atoms with van der Waals surface area (Å²) < 4.78 is 0. The van der Waals surface area contributed by atoms with E-state index in [4.69, 9.17) is 0 Å². The molecule has 2 heterocycles. The predicted molar refractivity (Wildman–Crippen MR) is 112 cm³/mol. The Balaban J connectivity index is 1.37. The van der Waals surface area contributed by atoms with E-state index in [1.54, 1.807) is 17.5 Å². The summed E-state index contributed by atoms with van der Waals surface area (Å²) in [4.78, 5) is 28.1. The first-order valence-electron chi connectivity index (χ1n) is 9.08. The van der Waals surface area contributed by atoms with Gasteiger partial charge >= 0.3 is 6.03 Å². The Morgan fingerprint density at radius 1 is 1.18 bits per heavy atom. The highest BCUT2D eigenvalue weighted by molar-refractivity contribution is 7.13. The molecule has 0 saturated carbocycles. The molecule has 0 bridgehead atoms. The van der Waals surface area contributed by atoms with Gasteiger partial charge in [0.2, 0.25) is 5.91 Å². The summed E-state index contributed by atoms with van der Waals surface area (Å²) >= 11 is 1.58. The van der Waals surface area contributed by atoms with Gasteiger partial charge in [-0.1, -0.05) is 12.1 Å². The van der Waals surface area contributed by atoms with Crippen LogP contribution in [0, 0.1) is 0 Å². The summed E-state index contributed by atoms with van der Waals surface area (Å²) in [7, 11) is 0. The molecule has 1 aliphatic rings. The Labute approximate surface area is 167 Å². The average Bonchev–Trinajstić information content (AvgIpc) is 3.23. The zero-order valence-electron chi connectivity index (χ0n) is 15.4. The van der Waals surface area contributed by atoms with Crippen molar-refractivity contribution in [3.05, 3.63) is 65.2 Å². The number of amides is 3. The number of hydrogen-bond acceptors (Lipinski definition) is 4. The van der Waals surface area contributed by atoms with Crippen molar-refractivity contribution in [2.45, 2.75) is 25.8 Å². The van der Waals surface area contributed by atoms with Crippen molar-refractivity contribution in [1.29, 1.82) is 0 Å². The standard InChI is InChI=1S/C21H20N4O2S/c1-13(15-4-8-18-16(12-15)5-9-19(26)25-18)23-21(27)24-17-6-2-14(3-7-17)20-22-10-11-28-20/h2-4,6-8,10-13H,5,9H2,1H3,(H,25,26)(H2,23,24,27). The Morgan fingerprint density at radius 2 is 2.00 bits per heavy atom. The number of urea groups is 1. The fraction of sp³-hybridized carbons (Fsp3) is 0.190. The largest absolute Gasteiger partial charge is 0.331 e. The van der Waals surface area contributed by atoms with Crippen LogP contribution in [0.1, 0.15) is 30.5 Å². The van der Waals surface area contributed by atoms with Crippen LogP contribution < -0.4 is 16.0 Å². The van der Waals surface area contributed by atoms with Crippen LogP contribution >= 0.6 is 11.3 Å². The van der Waals surface area contributed by atoms with Crippen LogP contribution in [0.2, 0.25) is 0 Å². The Morgan fingerprint density at radius 3 is 2.75 bits per heavy atom. The van der Waals surface area contributed by atoms with E-state index in [1.807, 2.05) is 54.8 Å². The Kier molecular flexibility index (Phi) is 5.08. The van der Waals surface area contributed by atoms with Crippen LogP contribution in [0.5, 0.6) is 0 Å². The minimum Gasteiger partial charge on any atom is -0.331 e. The highest BCUT2D eigenvalue weighted by atomic mass is 32.1. The molecule has 0 saturated heterocycles. The molecule has 3 N–H and O–H groups in total. The molecule has 142 valence electrons. The maximum absolute atomic E-state index is 12.4. The predicted octanol–water partition coefficient (Wildman–Crippen LogP) is 4.58. The molecule has 1 aliphatic heterocycles.